The van der Waals surface area contributed by atoms with E-state index < -0.39 is 6.10 Å². The molecule has 0 saturated carbocycles. The van der Waals surface area contributed by atoms with Gasteiger partial charge in [0.1, 0.15) is 13.2 Å². The lowest BCUT2D eigenvalue weighted by molar-refractivity contribution is -0.167. The number of allylic oxidation sites excluding steroid dienone is 8. The van der Waals surface area contributed by atoms with Gasteiger partial charge in [-0.1, -0.05) is 333 Å². The van der Waals surface area contributed by atoms with Crippen molar-refractivity contribution in [3.8, 4) is 0 Å². The second kappa shape index (κ2) is 68.9. The normalized spacial score (nSPS) is 12.3. The Labute approximate surface area is 498 Å². The topological polar surface area (TPSA) is 78.9 Å². The fraction of sp³-hybridized carbons (Fsp3) is 0.851. The van der Waals surface area contributed by atoms with E-state index in [1.165, 1.54) is 270 Å². The van der Waals surface area contributed by atoms with Crippen molar-refractivity contribution in [2.45, 2.75) is 393 Å². The molecule has 0 aromatic heterocycles. The Morgan fingerprint density at radius 1 is 0.250 bits per heavy atom. The molecule has 6 nitrogen and oxygen atoms in total. The van der Waals surface area contributed by atoms with Gasteiger partial charge in [-0.3, -0.25) is 14.4 Å². The highest BCUT2D eigenvalue weighted by Gasteiger charge is 2.19. The predicted molar refractivity (Wildman–Crippen MR) is 349 cm³/mol. The van der Waals surface area contributed by atoms with Gasteiger partial charge in [-0.05, 0) is 83.5 Å². The Hall–Kier alpha value is -2.63. The van der Waals surface area contributed by atoms with Crippen LogP contribution in [0.2, 0.25) is 0 Å². The molecule has 0 amide bonds. The van der Waals surface area contributed by atoms with Crippen molar-refractivity contribution >= 4 is 17.9 Å². The molecule has 0 saturated heterocycles. The van der Waals surface area contributed by atoms with E-state index in [4.69, 9.17) is 14.2 Å². The minimum Gasteiger partial charge on any atom is -0.462 e. The van der Waals surface area contributed by atoms with Gasteiger partial charge in [-0.15, -0.1) is 0 Å². The molecule has 0 fully saturated rings. The molecule has 6 heteroatoms. The van der Waals surface area contributed by atoms with Gasteiger partial charge >= 0.3 is 17.9 Å². The summed E-state index contributed by atoms with van der Waals surface area (Å²) in [6.45, 7) is 6.69. The van der Waals surface area contributed by atoms with Crippen molar-refractivity contribution < 1.29 is 28.6 Å². The fourth-order valence-corrected chi connectivity index (χ4v) is 10.7. The second-order valence-electron chi connectivity index (χ2n) is 24.1. The van der Waals surface area contributed by atoms with Crippen molar-refractivity contribution in [2.75, 3.05) is 13.2 Å². The van der Waals surface area contributed by atoms with E-state index >= 15 is 0 Å². The zero-order chi connectivity index (χ0) is 57.8. The van der Waals surface area contributed by atoms with Crippen LogP contribution in [0.1, 0.15) is 387 Å². The summed E-state index contributed by atoms with van der Waals surface area (Å²) in [7, 11) is 0. The molecule has 1 atom stereocenters. The lowest BCUT2D eigenvalue weighted by Gasteiger charge is -2.18. The van der Waals surface area contributed by atoms with Crippen molar-refractivity contribution in [1.29, 1.82) is 0 Å². The molecule has 1 unspecified atom stereocenters. The van der Waals surface area contributed by atoms with E-state index in [2.05, 4.69) is 69.4 Å². The third kappa shape index (κ3) is 66.2. The van der Waals surface area contributed by atoms with Gasteiger partial charge in [0.25, 0.3) is 0 Å². The van der Waals surface area contributed by atoms with E-state index in [1.807, 2.05) is 0 Å². The first-order valence-corrected chi connectivity index (χ1v) is 35.6. The Morgan fingerprint density at radius 2 is 0.450 bits per heavy atom. The third-order valence-corrected chi connectivity index (χ3v) is 16.1. The average Bonchev–Trinajstić information content (AvgIpc) is 3.46. The molecule has 0 bridgehead atoms. The maximum Gasteiger partial charge on any atom is 0.306 e. The van der Waals surface area contributed by atoms with Crippen molar-refractivity contribution in [2.24, 2.45) is 0 Å². The van der Waals surface area contributed by atoms with Crippen LogP contribution in [0.5, 0.6) is 0 Å². The monoisotopic (exact) mass is 1120 g/mol. The smallest absolute Gasteiger partial charge is 0.306 e. The molecule has 0 spiro atoms. The fourth-order valence-electron chi connectivity index (χ4n) is 10.7. The van der Waals surface area contributed by atoms with Crippen LogP contribution in [-0.4, -0.2) is 37.2 Å². The second-order valence-corrected chi connectivity index (χ2v) is 24.1. The van der Waals surface area contributed by atoms with E-state index in [-0.39, 0.29) is 31.1 Å². The van der Waals surface area contributed by atoms with Crippen LogP contribution in [0.15, 0.2) is 48.6 Å². The van der Waals surface area contributed by atoms with E-state index in [1.54, 1.807) is 0 Å². The lowest BCUT2D eigenvalue weighted by Crippen LogP contribution is -2.30. The molecule has 0 radical (unpaired) electrons. The SMILES string of the molecule is CCCCCCC/C=C\C/C=C\C/C=C\CCCCCCCCC(=O)OCC(COC(=O)CCCCCCCCCCCCCCCCCCCCCC)OC(=O)CCCCCCCCCCC/C=C\CCCCCCCCCC. The van der Waals surface area contributed by atoms with Gasteiger partial charge in [0.15, 0.2) is 6.10 Å². The summed E-state index contributed by atoms with van der Waals surface area (Å²) in [5.74, 6) is -0.861. The van der Waals surface area contributed by atoms with Gasteiger partial charge in [-0.2, -0.15) is 0 Å². The highest BCUT2D eigenvalue weighted by atomic mass is 16.6. The summed E-state index contributed by atoms with van der Waals surface area (Å²) in [4.78, 5) is 38.5. The van der Waals surface area contributed by atoms with Crippen molar-refractivity contribution in [3.63, 3.8) is 0 Å². The maximum atomic E-state index is 13.0. The molecular formula is C74H136O6. The van der Waals surface area contributed by atoms with Crippen LogP contribution in [0, 0.1) is 0 Å². The van der Waals surface area contributed by atoms with Crippen LogP contribution in [0.4, 0.5) is 0 Å². The Morgan fingerprint density at radius 3 is 0.713 bits per heavy atom. The molecule has 0 aliphatic heterocycles. The van der Waals surface area contributed by atoms with Crippen LogP contribution in [0.3, 0.4) is 0 Å². The van der Waals surface area contributed by atoms with Crippen LogP contribution in [0.25, 0.3) is 0 Å². The van der Waals surface area contributed by atoms with E-state index in [9.17, 15) is 14.4 Å². The summed E-state index contributed by atoms with van der Waals surface area (Å²) in [6.07, 6.45) is 87.0. The minimum atomic E-state index is -0.780. The molecule has 0 aliphatic carbocycles. The molecular weight excluding hydrogens is 985 g/mol. The van der Waals surface area contributed by atoms with Crippen LogP contribution in [-0.2, 0) is 28.6 Å². The third-order valence-electron chi connectivity index (χ3n) is 16.1. The minimum absolute atomic E-state index is 0.0739. The highest BCUT2D eigenvalue weighted by molar-refractivity contribution is 5.71. The number of carbonyl (C=O) groups excluding carboxylic acids is 3. The first-order valence-electron chi connectivity index (χ1n) is 35.6. The quantitative estimate of drug-likeness (QED) is 0.0261. The summed E-state index contributed by atoms with van der Waals surface area (Å²) < 4.78 is 17.0. The number of rotatable bonds is 66. The first-order chi connectivity index (χ1) is 39.5. The maximum absolute atomic E-state index is 13.0. The zero-order valence-electron chi connectivity index (χ0n) is 53.9. The lowest BCUT2D eigenvalue weighted by atomic mass is 10.0. The number of unbranched alkanes of at least 4 members (excludes halogenated alkanes) is 47. The Kier molecular flexibility index (Phi) is 66.6. The number of hydrogen-bond acceptors (Lipinski definition) is 6. The standard InChI is InChI=1S/C74H136O6/c1-4-7-10-13-16-19-22-25-28-31-34-37-40-43-46-49-52-55-58-61-64-67-73(76)79-70-71(69-78-72(75)66-63-60-57-54-51-48-45-42-39-36-33-30-27-24-21-18-15-12-9-6-3)80-74(77)68-65-62-59-56-53-50-47-44-41-38-35-32-29-26-23-20-17-14-11-8-5-2/h22,25,31-32,34-35,40,43,71H,4-21,23-24,26-30,33,36-39,41-42,44-70H2,1-3H3/b25-22-,34-31-,35-32-,43-40-. The van der Waals surface area contributed by atoms with Crippen LogP contribution < -0.4 is 0 Å². The van der Waals surface area contributed by atoms with E-state index in [0.29, 0.717) is 19.3 Å². The Bertz CT molecular complexity index is 1380. The summed E-state index contributed by atoms with van der Waals surface area (Å²) in [5, 5.41) is 0. The van der Waals surface area contributed by atoms with E-state index in [0.717, 1.165) is 77.0 Å². The molecule has 0 aliphatic rings. The number of hydrogen-bond donors (Lipinski definition) is 0. The molecule has 468 valence electrons. The molecule has 0 N–H and O–H groups in total. The molecule has 0 rings (SSSR count). The number of esters is 3. The Balaban J connectivity index is 4.36. The molecule has 0 heterocycles. The summed E-state index contributed by atoms with van der Waals surface area (Å²) >= 11 is 0. The van der Waals surface area contributed by atoms with Crippen molar-refractivity contribution in [3.05, 3.63) is 48.6 Å². The molecule has 0 aromatic carbocycles. The highest BCUT2D eigenvalue weighted by Crippen LogP contribution is 2.18. The molecule has 80 heavy (non-hydrogen) atoms. The first kappa shape index (κ1) is 77.4. The summed E-state index contributed by atoms with van der Waals surface area (Å²) in [5.41, 5.74) is 0. The predicted octanol–water partition coefficient (Wildman–Crippen LogP) is 24.5. The van der Waals surface area contributed by atoms with Gasteiger partial charge in [0.05, 0.1) is 0 Å². The van der Waals surface area contributed by atoms with Crippen molar-refractivity contribution in [1.82, 2.24) is 0 Å². The zero-order valence-corrected chi connectivity index (χ0v) is 53.9. The van der Waals surface area contributed by atoms with Gasteiger partial charge in [0, 0.05) is 19.3 Å². The number of ether oxygens (including phenoxy) is 3. The molecule has 0 aromatic rings. The van der Waals surface area contributed by atoms with Gasteiger partial charge in [0.2, 0.25) is 0 Å². The largest absolute Gasteiger partial charge is 0.462 e. The van der Waals surface area contributed by atoms with Gasteiger partial charge < -0.3 is 14.2 Å². The average molecular weight is 1120 g/mol. The summed E-state index contributed by atoms with van der Waals surface area (Å²) in [6, 6.07) is 0. The van der Waals surface area contributed by atoms with Gasteiger partial charge in [-0.25, -0.2) is 0 Å². The van der Waals surface area contributed by atoms with Crippen LogP contribution >= 0.6 is 0 Å². The number of carbonyl (C=O) groups is 3.